The molecule has 0 radical (unpaired) electrons. The van der Waals surface area contributed by atoms with E-state index < -0.39 is 17.9 Å². The molecule has 2 unspecified atom stereocenters. The summed E-state index contributed by atoms with van der Waals surface area (Å²) >= 11 is 1.29. The molecule has 0 saturated heterocycles. The highest BCUT2D eigenvalue weighted by atomic mass is 32.1. The Morgan fingerprint density at radius 3 is 2.50 bits per heavy atom. The number of fused-ring (bicyclic) bond motifs is 1. The van der Waals surface area contributed by atoms with Crippen molar-refractivity contribution >= 4 is 41.3 Å². The maximum absolute atomic E-state index is 13.3. The first kappa shape index (κ1) is 30.8. The van der Waals surface area contributed by atoms with E-state index >= 15 is 0 Å². The van der Waals surface area contributed by atoms with Gasteiger partial charge >= 0.3 is 5.97 Å². The summed E-state index contributed by atoms with van der Waals surface area (Å²) in [5.74, 6) is -0.905. The molecule has 42 heavy (non-hydrogen) atoms. The lowest BCUT2D eigenvalue weighted by molar-refractivity contribution is -0.146. The average Bonchev–Trinajstić information content (AvgIpc) is 3.62. The quantitative estimate of drug-likeness (QED) is 0.198. The molecular weight excluding hydrogens is 552 g/mol. The van der Waals surface area contributed by atoms with Gasteiger partial charge in [0.15, 0.2) is 0 Å². The summed E-state index contributed by atoms with van der Waals surface area (Å²) < 4.78 is 5.37. The third kappa shape index (κ3) is 7.79. The van der Waals surface area contributed by atoms with E-state index in [1.165, 1.54) is 28.0 Å². The number of amides is 2. The Kier molecular flexibility index (Phi) is 10.4. The van der Waals surface area contributed by atoms with Gasteiger partial charge in [-0.1, -0.05) is 38.1 Å². The minimum Gasteiger partial charge on any atom is -0.464 e. The second-order valence-electron chi connectivity index (χ2n) is 10.7. The zero-order valence-corrected chi connectivity index (χ0v) is 25.5. The maximum Gasteiger partial charge on any atom is 0.330 e. The normalized spacial score (nSPS) is 14.4. The number of carbonyl (C=O) groups is 3. The number of aromatic nitrogens is 2. The third-order valence-electron chi connectivity index (χ3n) is 6.87. The van der Waals surface area contributed by atoms with Crippen molar-refractivity contribution in [1.82, 2.24) is 20.6 Å². The lowest BCUT2D eigenvalue weighted by atomic mass is 9.97. The number of carbonyl (C=O) groups excluding carboxylic acids is 3. The van der Waals surface area contributed by atoms with Crippen LogP contribution in [0.2, 0.25) is 0 Å². The summed E-state index contributed by atoms with van der Waals surface area (Å²) in [5.41, 5.74) is 5.00. The van der Waals surface area contributed by atoms with Crippen LogP contribution in [-0.2, 0) is 16.0 Å². The second kappa shape index (κ2) is 14.2. The summed E-state index contributed by atoms with van der Waals surface area (Å²) in [6.07, 6.45) is 3.74. The molecule has 0 saturated carbocycles. The number of nitrogens with zero attached hydrogens (tertiary/aromatic N) is 3. The minimum absolute atomic E-state index is 0.118. The van der Waals surface area contributed by atoms with Gasteiger partial charge in [-0.25, -0.2) is 14.8 Å². The standard InChI is InChI=1S/C31H38N6O4S/c1-18(2)17-41-30(40)25(16-34-28(38)26-12-8-14-42-26)37-29(39)27-20(4)35-31(36-21(27)5)32-13-7-10-22-9-6-11-23-19(3)33-15-24(22)23/h6,8-9,11-12,14-15,18-19,25H,7,10,13,16-17H2,1-5H3,(H,34,38)(H,37,39)(H,32,35,36). The predicted octanol–water partition coefficient (Wildman–Crippen LogP) is 4.42. The van der Waals surface area contributed by atoms with Crippen molar-refractivity contribution in [3.05, 3.63) is 74.2 Å². The van der Waals surface area contributed by atoms with Crippen LogP contribution >= 0.6 is 11.3 Å². The van der Waals surface area contributed by atoms with E-state index in [0.29, 0.717) is 28.8 Å². The Morgan fingerprint density at radius 2 is 1.81 bits per heavy atom. The van der Waals surface area contributed by atoms with Crippen LogP contribution in [0.1, 0.15) is 81.3 Å². The number of benzene rings is 1. The van der Waals surface area contributed by atoms with E-state index in [0.717, 1.165) is 12.8 Å². The van der Waals surface area contributed by atoms with Crippen LogP contribution in [-0.4, -0.2) is 59.7 Å². The Bertz CT molecular complexity index is 1430. The lowest BCUT2D eigenvalue weighted by Gasteiger charge is -2.20. The largest absolute Gasteiger partial charge is 0.464 e. The molecule has 222 valence electrons. The van der Waals surface area contributed by atoms with Gasteiger partial charge in [0.2, 0.25) is 5.95 Å². The second-order valence-corrected chi connectivity index (χ2v) is 11.7. The first-order valence-electron chi connectivity index (χ1n) is 14.2. The van der Waals surface area contributed by atoms with E-state index in [-0.39, 0.29) is 36.6 Å². The van der Waals surface area contributed by atoms with Crippen molar-refractivity contribution in [3.63, 3.8) is 0 Å². The first-order chi connectivity index (χ1) is 20.1. The molecule has 1 aromatic carbocycles. The topological polar surface area (TPSA) is 135 Å². The van der Waals surface area contributed by atoms with Gasteiger partial charge in [-0.15, -0.1) is 11.3 Å². The van der Waals surface area contributed by atoms with Crippen LogP contribution in [0.3, 0.4) is 0 Å². The summed E-state index contributed by atoms with van der Waals surface area (Å²) in [6.45, 7) is 10.1. The summed E-state index contributed by atoms with van der Waals surface area (Å²) in [4.78, 5) is 52.6. The Hall–Kier alpha value is -4.12. The van der Waals surface area contributed by atoms with Crippen LogP contribution in [0.25, 0.3) is 0 Å². The lowest BCUT2D eigenvalue weighted by Crippen LogP contribution is -2.49. The van der Waals surface area contributed by atoms with Gasteiger partial charge in [0, 0.05) is 24.9 Å². The van der Waals surface area contributed by atoms with Crippen LogP contribution < -0.4 is 16.0 Å². The highest BCUT2D eigenvalue weighted by Gasteiger charge is 2.27. The van der Waals surface area contributed by atoms with E-state index in [4.69, 9.17) is 4.74 Å². The average molecular weight is 591 g/mol. The van der Waals surface area contributed by atoms with Crippen LogP contribution in [0, 0.1) is 19.8 Å². The summed E-state index contributed by atoms with van der Waals surface area (Å²) in [5, 5.41) is 10.5. The van der Waals surface area contributed by atoms with Crippen LogP contribution in [0.5, 0.6) is 0 Å². The SMILES string of the molecule is Cc1nc(NCCCc2cccc3c2C=NC3C)nc(C)c1C(=O)NC(CNC(=O)c1cccs1)C(=O)OCC(C)C. The fourth-order valence-electron chi connectivity index (χ4n) is 4.71. The van der Waals surface area contributed by atoms with Crippen molar-refractivity contribution in [3.8, 4) is 0 Å². The molecular formula is C31H38N6O4S. The molecule has 2 atom stereocenters. The fourth-order valence-corrected chi connectivity index (χ4v) is 5.35. The highest BCUT2D eigenvalue weighted by molar-refractivity contribution is 7.12. The number of esters is 1. The van der Waals surface area contributed by atoms with Gasteiger partial charge in [-0.2, -0.15) is 0 Å². The molecule has 4 rings (SSSR count). The van der Waals surface area contributed by atoms with Crippen molar-refractivity contribution in [2.24, 2.45) is 10.9 Å². The molecule has 3 heterocycles. The number of thiophene rings is 1. The number of ether oxygens (including phenoxy) is 1. The molecule has 0 aliphatic carbocycles. The van der Waals surface area contributed by atoms with Crippen molar-refractivity contribution in [1.29, 1.82) is 0 Å². The van der Waals surface area contributed by atoms with E-state index in [1.807, 2.05) is 20.1 Å². The Labute approximate surface area is 250 Å². The molecule has 3 aromatic rings. The van der Waals surface area contributed by atoms with E-state index in [2.05, 4.69) is 56.0 Å². The van der Waals surface area contributed by atoms with Crippen LogP contribution in [0.15, 0.2) is 40.7 Å². The highest BCUT2D eigenvalue weighted by Crippen LogP contribution is 2.28. The van der Waals surface area contributed by atoms with Gasteiger partial charge in [-0.3, -0.25) is 14.6 Å². The number of rotatable bonds is 13. The number of aryl methyl sites for hydroxylation is 3. The molecule has 1 aliphatic rings. The van der Waals surface area contributed by atoms with E-state index in [9.17, 15) is 14.4 Å². The first-order valence-corrected chi connectivity index (χ1v) is 15.0. The number of anilines is 1. The molecule has 0 bridgehead atoms. The summed E-state index contributed by atoms with van der Waals surface area (Å²) in [6, 6.07) is 8.93. The number of hydrogen-bond acceptors (Lipinski definition) is 9. The molecule has 2 amide bonds. The smallest absolute Gasteiger partial charge is 0.330 e. The zero-order chi connectivity index (χ0) is 30.2. The molecule has 11 heteroatoms. The van der Waals surface area contributed by atoms with E-state index in [1.54, 1.807) is 31.4 Å². The fraction of sp³-hybridized carbons (Fsp3) is 0.419. The maximum atomic E-state index is 13.3. The zero-order valence-electron chi connectivity index (χ0n) is 24.7. The van der Waals surface area contributed by atoms with Gasteiger partial charge in [0.05, 0.1) is 34.5 Å². The predicted molar refractivity (Wildman–Crippen MR) is 164 cm³/mol. The molecule has 3 N–H and O–H groups in total. The Balaban J connectivity index is 1.37. The van der Waals surface area contributed by atoms with Gasteiger partial charge < -0.3 is 20.7 Å². The van der Waals surface area contributed by atoms with Crippen LogP contribution in [0.4, 0.5) is 5.95 Å². The number of hydrogen-bond donors (Lipinski definition) is 3. The minimum atomic E-state index is -1.08. The van der Waals surface area contributed by atoms with Crippen molar-refractivity contribution in [2.45, 2.75) is 59.5 Å². The third-order valence-corrected chi connectivity index (χ3v) is 7.74. The van der Waals surface area contributed by atoms with Gasteiger partial charge in [0.25, 0.3) is 11.8 Å². The number of aliphatic imine (C=N–C) groups is 1. The molecule has 1 aliphatic heterocycles. The molecule has 2 aromatic heterocycles. The monoisotopic (exact) mass is 590 g/mol. The number of nitrogens with one attached hydrogen (secondary N) is 3. The Morgan fingerprint density at radius 1 is 1.05 bits per heavy atom. The van der Waals surface area contributed by atoms with Crippen molar-refractivity contribution in [2.75, 3.05) is 25.0 Å². The van der Waals surface area contributed by atoms with Gasteiger partial charge in [-0.05, 0) is 62.1 Å². The molecule has 0 fully saturated rings. The van der Waals surface area contributed by atoms with Crippen molar-refractivity contribution < 1.29 is 19.1 Å². The molecule has 0 spiro atoms. The van der Waals surface area contributed by atoms with Gasteiger partial charge in [0.1, 0.15) is 6.04 Å². The summed E-state index contributed by atoms with van der Waals surface area (Å²) in [7, 11) is 0. The molecule has 10 nitrogen and oxygen atoms in total.